The third-order valence-electron chi connectivity index (χ3n) is 4.33. The van der Waals surface area contributed by atoms with Gasteiger partial charge in [-0.2, -0.15) is 0 Å². The Morgan fingerprint density at radius 2 is 1.81 bits per heavy atom. The van der Waals surface area contributed by atoms with E-state index in [1.165, 1.54) is 32.4 Å². The zero-order valence-corrected chi connectivity index (χ0v) is 16.7. The summed E-state index contributed by atoms with van der Waals surface area (Å²) in [7, 11) is 4.62. The number of benzene rings is 2. The third kappa shape index (κ3) is 3.66. The van der Waals surface area contributed by atoms with Crippen molar-refractivity contribution < 1.29 is 23.4 Å². The number of thioether (sulfide) groups is 1. The van der Waals surface area contributed by atoms with E-state index in [0.717, 1.165) is 5.56 Å². The molecular formula is C19H19ClFNO4S. The SMILES string of the molecule is COc1cc(OC)c(C2SCCN2C(=O)c2c(F)cccc2Cl)cc1OC. The molecule has 27 heavy (non-hydrogen) atoms. The second-order valence-corrected chi connectivity index (χ2v) is 7.36. The molecule has 5 nitrogen and oxygen atoms in total. The van der Waals surface area contributed by atoms with Gasteiger partial charge in [0.2, 0.25) is 0 Å². The number of amides is 1. The third-order valence-corrected chi connectivity index (χ3v) is 5.89. The molecule has 2 aromatic carbocycles. The molecule has 1 aliphatic heterocycles. The van der Waals surface area contributed by atoms with Gasteiger partial charge in [-0.1, -0.05) is 17.7 Å². The van der Waals surface area contributed by atoms with Crippen molar-refractivity contribution in [1.29, 1.82) is 0 Å². The Bertz CT molecular complexity index is 844. The summed E-state index contributed by atoms with van der Waals surface area (Å²) >= 11 is 7.65. The maximum atomic E-state index is 14.2. The van der Waals surface area contributed by atoms with Crippen LogP contribution in [0.25, 0.3) is 0 Å². The van der Waals surface area contributed by atoms with Crippen LogP contribution in [0.1, 0.15) is 21.3 Å². The van der Waals surface area contributed by atoms with Crippen LogP contribution in [0.15, 0.2) is 30.3 Å². The number of carbonyl (C=O) groups excluding carboxylic acids is 1. The van der Waals surface area contributed by atoms with Gasteiger partial charge < -0.3 is 19.1 Å². The lowest BCUT2D eigenvalue weighted by Gasteiger charge is -2.26. The first kappa shape index (κ1) is 19.6. The molecule has 1 aliphatic rings. The fourth-order valence-electron chi connectivity index (χ4n) is 3.03. The average molecular weight is 412 g/mol. The standard InChI is InChI=1S/C19H19ClFNO4S/c1-24-14-10-16(26-3)15(25-2)9-11(14)19-22(7-8-27-19)18(23)17-12(20)5-4-6-13(17)21/h4-6,9-10,19H,7-8H2,1-3H3. The summed E-state index contributed by atoms with van der Waals surface area (Å²) < 4.78 is 30.4. The molecule has 3 rings (SSSR count). The first-order valence-corrected chi connectivity index (χ1v) is 9.61. The Morgan fingerprint density at radius 3 is 2.44 bits per heavy atom. The van der Waals surface area contributed by atoms with Crippen molar-refractivity contribution in [2.45, 2.75) is 5.37 Å². The normalized spacial score (nSPS) is 16.3. The van der Waals surface area contributed by atoms with Crippen LogP contribution in [0, 0.1) is 5.82 Å². The van der Waals surface area contributed by atoms with Gasteiger partial charge in [0, 0.05) is 23.9 Å². The number of rotatable bonds is 5. The molecular weight excluding hydrogens is 393 g/mol. The largest absolute Gasteiger partial charge is 0.496 e. The number of hydrogen-bond acceptors (Lipinski definition) is 5. The van der Waals surface area contributed by atoms with Gasteiger partial charge in [-0.3, -0.25) is 4.79 Å². The van der Waals surface area contributed by atoms with Crippen molar-refractivity contribution in [1.82, 2.24) is 4.90 Å². The lowest BCUT2D eigenvalue weighted by Crippen LogP contribution is -2.31. The second-order valence-electron chi connectivity index (χ2n) is 5.77. The number of hydrogen-bond donors (Lipinski definition) is 0. The molecule has 8 heteroatoms. The van der Waals surface area contributed by atoms with Crippen LogP contribution in [0.4, 0.5) is 4.39 Å². The number of methoxy groups -OCH3 is 3. The van der Waals surface area contributed by atoms with E-state index in [4.69, 9.17) is 25.8 Å². The van der Waals surface area contributed by atoms with Crippen molar-refractivity contribution in [3.63, 3.8) is 0 Å². The predicted octanol–water partition coefficient (Wildman–Crippen LogP) is 4.39. The molecule has 0 saturated carbocycles. The number of ether oxygens (including phenoxy) is 3. The van der Waals surface area contributed by atoms with Crippen molar-refractivity contribution in [3.8, 4) is 17.2 Å². The quantitative estimate of drug-likeness (QED) is 0.730. The van der Waals surface area contributed by atoms with E-state index >= 15 is 0 Å². The van der Waals surface area contributed by atoms with Gasteiger partial charge in [0.1, 0.15) is 16.9 Å². The van der Waals surface area contributed by atoms with Crippen molar-refractivity contribution >= 4 is 29.3 Å². The van der Waals surface area contributed by atoms with E-state index in [-0.39, 0.29) is 16.0 Å². The Morgan fingerprint density at radius 1 is 1.15 bits per heavy atom. The lowest BCUT2D eigenvalue weighted by molar-refractivity contribution is 0.0754. The topological polar surface area (TPSA) is 48.0 Å². The molecule has 1 unspecified atom stereocenters. The number of halogens is 2. The monoisotopic (exact) mass is 411 g/mol. The van der Waals surface area contributed by atoms with Gasteiger partial charge in [0.25, 0.3) is 5.91 Å². The highest BCUT2D eigenvalue weighted by Gasteiger charge is 2.35. The maximum Gasteiger partial charge on any atom is 0.259 e. The number of nitrogens with zero attached hydrogens (tertiary/aromatic N) is 1. The zero-order valence-electron chi connectivity index (χ0n) is 15.1. The zero-order chi connectivity index (χ0) is 19.6. The highest BCUT2D eigenvalue weighted by atomic mass is 35.5. The molecule has 2 aromatic rings. The fourth-order valence-corrected chi connectivity index (χ4v) is 4.54. The molecule has 1 atom stereocenters. The summed E-state index contributed by atoms with van der Waals surface area (Å²) in [4.78, 5) is 14.6. The summed E-state index contributed by atoms with van der Waals surface area (Å²) in [6, 6.07) is 7.71. The van der Waals surface area contributed by atoms with Gasteiger partial charge in [0.15, 0.2) is 11.5 Å². The molecule has 1 saturated heterocycles. The summed E-state index contributed by atoms with van der Waals surface area (Å²) in [5.74, 6) is 1.23. The Kier molecular flexibility index (Phi) is 6.01. The first-order chi connectivity index (χ1) is 13.0. The summed E-state index contributed by atoms with van der Waals surface area (Å²) in [5, 5.41) is -0.266. The van der Waals surface area contributed by atoms with Crippen molar-refractivity contribution in [3.05, 3.63) is 52.3 Å². The molecule has 0 aliphatic carbocycles. The summed E-state index contributed by atoms with van der Waals surface area (Å²) in [6.07, 6.45) is 0. The minimum Gasteiger partial charge on any atom is -0.496 e. The van der Waals surface area contributed by atoms with Crippen LogP contribution in [0.3, 0.4) is 0 Å². The first-order valence-electron chi connectivity index (χ1n) is 8.18. The lowest BCUT2D eigenvalue weighted by atomic mass is 10.1. The number of carbonyl (C=O) groups is 1. The van der Waals surface area contributed by atoms with Crippen LogP contribution < -0.4 is 14.2 Å². The minimum absolute atomic E-state index is 0.0925. The van der Waals surface area contributed by atoms with Gasteiger partial charge in [0.05, 0.1) is 31.9 Å². The molecule has 1 fully saturated rings. The second kappa shape index (κ2) is 8.27. The van der Waals surface area contributed by atoms with Gasteiger partial charge >= 0.3 is 0 Å². The Hall–Kier alpha value is -2.12. The van der Waals surface area contributed by atoms with E-state index in [2.05, 4.69) is 0 Å². The van der Waals surface area contributed by atoms with Crippen LogP contribution in [-0.4, -0.2) is 44.4 Å². The summed E-state index contributed by atoms with van der Waals surface area (Å²) in [6.45, 7) is 0.469. The highest BCUT2D eigenvalue weighted by molar-refractivity contribution is 7.99. The van der Waals surface area contributed by atoms with E-state index in [1.807, 2.05) is 0 Å². The van der Waals surface area contributed by atoms with Crippen LogP contribution >= 0.6 is 23.4 Å². The smallest absolute Gasteiger partial charge is 0.259 e. The maximum absolute atomic E-state index is 14.2. The molecule has 0 radical (unpaired) electrons. The van der Waals surface area contributed by atoms with E-state index < -0.39 is 11.7 Å². The highest BCUT2D eigenvalue weighted by Crippen LogP contribution is 2.46. The molecule has 144 valence electrons. The molecule has 0 aromatic heterocycles. The Labute approximate surface area is 166 Å². The fraction of sp³-hybridized carbons (Fsp3) is 0.316. The van der Waals surface area contributed by atoms with E-state index in [9.17, 15) is 9.18 Å². The van der Waals surface area contributed by atoms with Crippen LogP contribution in [0.2, 0.25) is 5.02 Å². The minimum atomic E-state index is -0.637. The molecule has 1 heterocycles. The van der Waals surface area contributed by atoms with Crippen LogP contribution in [0.5, 0.6) is 17.2 Å². The molecule has 0 bridgehead atoms. The summed E-state index contributed by atoms with van der Waals surface area (Å²) in [5.41, 5.74) is 0.629. The van der Waals surface area contributed by atoms with Gasteiger partial charge in [-0.15, -0.1) is 11.8 Å². The van der Waals surface area contributed by atoms with Gasteiger partial charge in [-0.05, 0) is 18.2 Å². The van der Waals surface area contributed by atoms with Crippen LogP contribution in [-0.2, 0) is 0 Å². The predicted molar refractivity (Wildman–Crippen MR) is 104 cm³/mol. The average Bonchev–Trinajstić information content (AvgIpc) is 3.16. The van der Waals surface area contributed by atoms with E-state index in [1.54, 1.807) is 35.9 Å². The Balaban J connectivity index is 2.03. The molecule has 0 N–H and O–H groups in total. The van der Waals surface area contributed by atoms with E-state index in [0.29, 0.717) is 29.5 Å². The van der Waals surface area contributed by atoms with Gasteiger partial charge in [-0.25, -0.2) is 4.39 Å². The van der Waals surface area contributed by atoms with Crippen molar-refractivity contribution in [2.24, 2.45) is 0 Å². The molecule has 1 amide bonds. The van der Waals surface area contributed by atoms with Crippen molar-refractivity contribution in [2.75, 3.05) is 33.6 Å². The molecule has 0 spiro atoms.